The lowest BCUT2D eigenvalue weighted by Gasteiger charge is -2.08. The van der Waals surface area contributed by atoms with Gasteiger partial charge in [-0.2, -0.15) is 0 Å². The molecule has 1 heterocycles. The van der Waals surface area contributed by atoms with Crippen LogP contribution in [-0.4, -0.2) is 24.5 Å². The van der Waals surface area contributed by atoms with E-state index in [1.54, 1.807) is 7.05 Å². The van der Waals surface area contributed by atoms with Gasteiger partial charge in [0, 0.05) is 19.8 Å². The van der Waals surface area contributed by atoms with Crippen molar-refractivity contribution in [3.8, 4) is 0 Å². The highest BCUT2D eigenvalue weighted by Gasteiger charge is 2.20. The second kappa shape index (κ2) is 5.80. The summed E-state index contributed by atoms with van der Waals surface area (Å²) in [6.45, 7) is 0.603. The van der Waals surface area contributed by atoms with E-state index in [4.69, 9.17) is 0 Å². The SMILES string of the molecule is CNc1nccc(C(=O)NCCCC2CC2)c1F. The van der Waals surface area contributed by atoms with E-state index < -0.39 is 5.82 Å². The molecule has 0 bridgehead atoms. The Labute approximate surface area is 106 Å². The number of carbonyl (C=O) groups excluding carboxylic acids is 1. The van der Waals surface area contributed by atoms with Gasteiger partial charge in [-0.15, -0.1) is 0 Å². The van der Waals surface area contributed by atoms with Crippen molar-refractivity contribution in [1.29, 1.82) is 0 Å². The second-order valence-corrected chi connectivity index (χ2v) is 4.61. The maximum atomic E-state index is 13.8. The summed E-state index contributed by atoms with van der Waals surface area (Å²) in [5.74, 6) is -0.0158. The van der Waals surface area contributed by atoms with Crippen LogP contribution in [0.4, 0.5) is 10.2 Å². The van der Waals surface area contributed by atoms with Crippen molar-refractivity contribution >= 4 is 11.7 Å². The van der Waals surface area contributed by atoms with Gasteiger partial charge in [0.2, 0.25) is 0 Å². The molecule has 0 spiro atoms. The van der Waals surface area contributed by atoms with Gasteiger partial charge >= 0.3 is 0 Å². The predicted octanol–water partition coefficient (Wildman–Crippen LogP) is 2.18. The third kappa shape index (κ3) is 3.18. The Kier molecular flexibility index (Phi) is 4.12. The molecule has 1 saturated carbocycles. The molecule has 0 atom stereocenters. The summed E-state index contributed by atoms with van der Waals surface area (Å²) >= 11 is 0. The summed E-state index contributed by atoms with van der Waals surface area (Å²) in [6.07, 6.45) is 6.17. The van der Waals surface area contributed by atoms with Crippen LogP contribution < -0.4 is 10.6 Å². The van der Waals surface area contributed by atoms with Crippen molar-refractivity contribution in [3.05, 3.63) is 23.6 Å². The number of halogens is 1. The van der Waals surface area contributed by atoms with E-state index >= 15 is 0 Å². The van der Waals surface area contributed by atoms with E-state index in [1.165, 1.54) is 25.1 Å². The smallest absolute Gasteiger partial charge is 0.254 e. The standard InChI is InChI=1S/C13H18FN3O/c1-15-12-11(14)10(6-8-16-12)13(18)17-7-2-3-9-4-5-9/h6,8-9H,2-5,7H2,1H3,(H,15,16)(H,17,18). The first-order chi connectivity index (χ1) is 8.72. The average Bonchev–Trinajstić information content (AvgIpc) is 3.18. The van der Waals surface area contributed by atoms with Gasteiger partial charge in [-0.3, -0.25) is 4.79 Å². The maximum absolute atomic E-state index is 13.8. The van der Waals surface area contributed by atoms with Gasteiger partial charge in [-0.25, -0.2) is 9.37 Å². The number of hydrogen-bond acceptors (Lipinski definition) is 3. The zero-order valence-electron chi connectivity index (χ0n) is 10.5. The van der Waals surface area contributed by atoms with E-state index in [-0.39, 0.29) is 17.3 Å². The predicted molar refractivity (Wildman–Crippen MR) is 68.0 cm³/mol. The fraction of sp³-hybridized carbons (Fsp3) is 0.538. The monoisotopic (exact) mass is 251 g/mol. The topological polar surface area (TPSA) is 54.0 Å². The van der Waals surface area contributed by atoms with Crippen molar-refractivity contribution in [1.82, 2.24) is 10.3 Å². The molecule has 2 rings (SSSR count). The van der Waals surface area contributed by atoms with Gasteiger partial charge in [0.1, 0.15) is 0 Å². The van der Waals surface area contributed by atoms with Gasteiger partial charge in [0.15, 0.2) is 11.6 Å². The molecular weight excluding hydrogens is 233 g/mol. The van der Waals surface area contributed by atoms with Crippen LogP contribution in [0.5, 0.6) is 0 Å². The first-order valence-electron chi connectivity index (χ1n) is 6.33. The summed E-state index contributed by atoms with van der Waals surface area (Å²) in [5.41, 5.74) is 0.0424. The van der Waals surface area contributed by atoms with Crippen LogP contribution in [0.25, 0.3) is 0 Å². The fourth-order valence-corrected chi connectivity index (χ4v) is 1.89. The zero-order valence-corrected chi connectivity index (χ0v) is 10.5. The zero-order chi connectivity index (χ0) is 13.0. The minimum Gasteiger partial charge on any atom is -0.371 e. The van der Waals surface area contributed by atoms with Gasteiger partial charge in [-0.1, -0.05) is 12.8 Å². The minimum atomic E-state index is -0.598. The Morgan fingerprint density at radius 3 is 3.00 bits per heavy atom. The molecule has 1 aromatic heterocycles. The minimum absolute atomic E-state index is 0.0424. The lowest BCUT2D eigenvalue weighted by Crippen LogP contribution is -2.25. The Balaban J connectivity index is 1.87. The second-order valence-electron chi connectivity index (χ2n) is 4.61. The Hall–Kier alpha value is -1.65. The molecule has 4 nitrogen and oxygen atoms in total. The van der Waals surface area contributed by atoms with Crippen LogP contribution in [0.1, 0.15) is 36.0 Å². The number of anilines is 1. The molecular formula is C13H18FN3O. The molecule has 1 aromatic rings. The van der Waals surface area contributed by atoms with Crippen molar-refractivity contribution in [3.63, 3.8) is 0 Å². The number of nitrogens with one attached hydrogen (secondary N) is 2. The highest BCUT2D eigenvalue weighted by Crippen LogP contribution is 2.33. The van der Waals surface area contributed by atoms with Crippen molar-refractivity contribution < 1.29 is 9.18 Å². The molecule has 1 fully saturated rings. The van der Waals surface area contributed by atoms with E-state index in [0.717, 1.165) is 18.8 Å². The molecule has 2 N–H and O–H groups in total. The summed E-state index contributed by atoms with van der Waals surface area (Å²) < 4.78 is 13.8. The molecule has 1 aliphatic carbocycles. The van der Waals surface area contributed by atoms with Crippen LogP contribution >= 0.6 is 0 Å². The average molecular weight is 251 g/mol. The van der Waals surface area contributed by atoms with E-state index in [2.05, 4.69) is 15.6 Å². The molecule has 18 heavy (non-hydrogen) atoms. The van der Waals surface area contributed by atoms with Gasteiger partial charge < -0.3 is 10.6 Å². The highest BCUT2D eigenvalue weighted by atomic mass is 19.1. The van der Waals surface area contributed by atoms with Crippen LogP contribution in [-0.2, 0) is 0 Å². The Morgan fingerprint density at radius 2 is 2.33 bits per heavy atom. The van der Waals surface area contributed by atoms with E-state index in [0.29, 0.717) is 6.54 Å². The number of rotatable bonds is 6. The molecule has 0 aliphatic heterocycles. The normalized spacial score (nSPS) is 14.3. The van der Waals surface area contributed by atoms with Crippen LogP contribution in [0.2, 0.25) is 0 Å². The molecule has 0 aromatic carbocycles. The van der Waals surface area contributed by atoms with Gasteiger partial charge in [0.05, 0.1) is 5.56 Å². The molecule has 0 unspecified atom stereocenters. The molecule has 0 radical (unpaired) electrons. The van der Waals surface area contributed by atoms with E-state index in [9.17, 15) is 9.18 Å². The number of pyridine rings is 1. The van der Waals surface area contributed by atoms with Crippen LogP contribution in [0, 0.1) is 11.7 Å². The summed E-state index contributed by atoms with van der Waals surface area (Å²) in [6, 6.07) is 1.40. The van der Waals surface area contributed by atoms with Gasteiger partial charge in [-0.05, 0) is 24.8 Å². The number of nitrogens with zero attached hydrogens (tertiary/aromatic N) is 1. The highest BCUT2D eigenvalue weighted by molar-refractivity contribution is 5.95. The first-order valence-corrected chi connectivity index (χ1v) is 6.33. The summed E-state index contributed by atoms with van der Waals surface area (Å²) in [4.78, 5) is 15.6. The number of aromatic nitrogens is 1. The third-order valence-electron chi connectivity index (χ3n) is 3.14. The number of hydrogen-bond donors (Lipinski definition) is 2. The Bertz CT molecular complexity index is 432. The first kappa shape index (κ1) is 12.8. The quantitative estimate of drug-likeness (QED) is 0.762. The Morgan fingerprint density at radius 1 is 1.56 bits per heavy atom. The van der Waals surface area contributed by atoms with Crippen LogP contribution in [0.15, 0.2) is 12.3 Å². The fourth-order valence-electron chi connectivity index (χ4n) is 1.89. The van der Waals surface area contributed by atoms with Crippen molar-refractivity contribution in [2.24, 2.45) is 5.92 Å². The molecule has 1 amide bonds. The van der Waals surface area contributed by atoms with Gasteiger partial charge in [0.25, 0.3) is 5.91 Å². The number of carbonyl (C=O) groups is 1. The van der Waals surface area contributed by atoms with E-state index in [1.807, 2.05) is 0 Å². The molecule has 1 aliphatic rings. The lowest BCUT2D eigenvalue weighted by molar-refractivity contribution is 0.0948. The largest absolute Gasteiger partial charge is 0.371 e. The molecule has 5 heteroatoms. The summed E-state index contributed by atoms with van der Waals surface area (Å²) in [7, 11) is 1.57. The number of amides is 1. The maximum Gasteiger partial charge on any atom is 0.254 e. The molecule has 98 valence electrons. The van der Waals surface area contributed by atoms with Crippen molar-refractivity contribution in [2.75, 3.05) is 18.9 Å². The molecule has 0 saturated heterocycles. The third-order valence-corrected chi connectivity index (χ3v) is 3.14. The van der Waals surface area contributed by atoms with Crippen molar-refractivity contribution in [2.45, 2.75) is 25.7 Å². The summed E-state index contributed by atoms with van der Waals surface area (Å²) in [5, 5.41) is 5.35. The lowest BCUT2D eigenvalue weighted by atomic mass is 10.2. The van der Waals surface area contributed by atoms with Crippen LogP contribution in [0.3, 0.4) is 0 Å².